The van der Waals surface area contributed by atoms with Crippen molar-refractivity contribution in [1.82, 2.24) is 10.6 Å². The van der Waals surface area contributed by atoms with Crippen molar-refractivity contribution in [2.75, 3.05) is 7.11 Å². The number of urea groups is 1. The molecule has 0 spiro atoms. The maximum atomic E-state index is 12.1. The first-order valence-corrected chi connectivity index (χ1v) is 8.01. The van der Waals surface area contributed by atoms with E-state index in [4.69, 9.17) is 9.15 Å². The van der Waals surface area contributed by atoms with E-state index >= 15 is 0 Å². The maximum Gasteiger partial charge on any atom is 0.338 e. The zero-order valence-corrected chi connectivity index (χ0v) is 14.6. The first kappa shape index (κ1) is 16.3. The Labute approximate surface area is 147 Å². The van der Waals surface area contributed by atoms with E-state index < -0.39 is 18.0 Å². The number of carbonyl (C=O) groups excluding carboxylic acids is 2. The molecule has 2 amide bonds. The number of benzene rings is 1. The van der Waals surface area contributed by atoms with E-state index in [2.05, 4.69) is 26.6 Å². The highest BCUT2D eigenvalue weighted by Gasteiger charge is 2.34. The fourth-order valence-electron chi connectivity index (χ4n) is 2.60. The summed E-state index contributed by atoms with van der Waals surface area (Å²) in [6.45, 7) is 1.65. The molecule has 1 aromatic carbocycles. The molecule has 0 saturated carbocycles. The molecule has 2 aromatic rings. The second-order valence-electron chi connectivity index (χ2n) is 5.24. The Morgan fingerprint density at radius 1 is 1.25 bits per heavy atom. The van der Waals surface area contributed by atoms with Crippen molar-refractivity contribution in [3.63, 3.8) is 0 Å². The summed E-state index contributed by atoms with van der Waals surface area (Å²) in [5.74, 6) is 0.561. The predicted molar refractivity (Wildman–Crippen MR) is 91.0 cm³/mol. The molecule has 2 heterocycles. The third-order valence-corrected chi connectivity index (χ3v) is 4.42. The molecule has 0 fully saturated rings. The van der Waals surface area contributed by atoms with Gasteiger partial charge in [-0.3, -0.25) is 0 Å². The summed E-state index contributed by atoms with van der Waals surface area (Å²) in [7, 11) is 1.30. The summed E-state index contributed by atoms with van der Waals surface area (Å²) >= 11 is 3.48. The summed E-state index contributed by atoms with van der Waals surface area (Å²) in [6.07, 6.45) is 0. The van der Waals surface area contributed by atoms with Gasteiger partial charge < -0.3 is 19.8 Å². The van der Waals surface area contributed by atoms with E-state index in [1.54, 1.807) is 19.1 Å². The van der Waals surface area contributed by atoms with Crippen LogP contribution in [0.1, 0.15) is 18.7 Å². The van der Waals surface area contributed by atoms with Crippen LogP contribution in [0.15, 0.2) is 56.6 Å². The first-order chi connectivity index (χ1) is 11.5. The fraction of sp³-hybridized carbons (Fsp3) is 0.176. The molecule has 7 heteroatoms. The van der Waals surface area contributed by atoms with Gasteiger partial charge in [-0.1, -0.05) is 34.1 Å². The summed E-state index contributed by atoms with van der Waals surface area (Å²) < 4.78 is 11.6. The number of carbonyl (C=O) groups is 2. The summed E-state index contributed by atoms with van der Waals surface area (Å²) in [5, 5.41) is 5.27. The second kappa shape index (κ2) is 6.52. The molecule has 2 N–H and O–H groups in total. The molecule has 6 nitrogen and oxygen atoms in total. The van der Waals surface area contributed by atoms with Crippen molar-refractivity contribution in [2.24, 2.45) is 0 Å². The van der Waals surface area contributed by atoms with Crippen LogP contribution in [0, 0.1) is 0 Å². The Kier molecular flexibility index (Phi) is 4.44. The number of furan rings is 1. The number of hydrogen-bond acceptors (Lipinski definition) is 4. The minimum Gasteiger partial charge on any atom is -0.466 e. The van der Waals surface area contributed by atoms with Crippen LogP contribution in [-0.4, -0.2) is 19.1 Å². The van der Waals surface area contributed by atoms with E-state index in [-0.39, 0.29) is 0 Å². The zero-order valence-electron chi connectivity index (χ0n) is 13.1. The van der Waals surface area contributed by atoms with Crippen molar-refractivity contribution in [2.45, 2.75) is 13.0 Å². The molecule has 0 aliphatic carbocycles. The van der Waals surface area contributed by atoms with Gasteiger partial charge in [0, 0.05) is 15.7 Å². The van der Waals surface area contributed by atoms with Crippen LogP contribution in [0.3, 0.4) is 0 Å². The number of nitrogens with one attached hydrogen (secondary N) is 2. The highest BCUT2D eigenvalue weighted by molar-refractivity contribution is 9.10. The van der Waals surface area contributed by atoms with Crippen LogP contribution in [0.25, 0.3) is 11.3 Å². The van der Waals surface area contributed by atoms with Crippen molar-refractivity contribution < 1.29 is 18.7 Å². The lowest BCUT2D eigenvalue weighted by Crippen LogP contribution is -2.45. The summed E-state index contributed by atoms with van der Waals surface area (Å²) in [4.78, 5) is 23.9. The third-order valence-electron chi connectivity index (χ3n) is 3.73. The monoisotopic (exact) mass is 390 g/mol. The quantitative estimate of drug-likeness (QED) is 0.785. The molecule has 1 unspecified atom stereocenters. The van der Waals surface area contributed by atoms with Gasteiger partial charge in [0.1, 0.15) is 17.6 Å². The van der Waals surface area contributed by atoms with Crippen LogP contribution in [-0.2, 0) is 9.53 Å². The van der Waals surface area contributed by atoms with Gasteiger partial charge in [0.15, 0.2) is 0 Å². The van der Waals surface area contributed by atoms with Crippen LogP contribution < -0.4 is 10.6 Å². The van der Waals surface area contributed by atoms with Crippen LogP contribution in [0.4, 0.5) is 4.79 Å². The minimum absolute atomic E-state index is 0.310. The number of halogens is 1. The number of methoxy groups -OCH3 is 1. The number of ether oxygens (including phenoxy) is 1. The maximum absolute atomic E-state index is 12.1. The van der Waals surface area contributed by atoms with Gasteiger partial charge in [-0.05, 0) is 25.1 Å². The Morgan fingerprint density at radius 2 is 2.00 bits per heavy atom. The van der Waals surface area contributed by atoms with Crippen LogP contribution in [0.5, 0.6) is 0 Å². The molecule has 0 bridgehead atoms. The van der Waals surface area contributed by atoms with E-state index in [0.717, 1.165) is 10.0 Å². The summed E-state index contributed by atoms with van der Waals surface area (Å²) in [6, 6.07) is 10.1. The second-order valence-corrected chi connectivity index (χ2v) is 6.10. The number of amides is 2. The lowest BCUT2D eigenvalue weighted by Gasteiger charge is -2.26. The van der Waals surface area contributed by atoms with Crippen molar-refractivity contribution in [3.05, 3.63) is 57.9 Å². The van der Waals surface area contributed by atoms with E-state index in [1.165, 1.54) is 7.11 Å². The lowest BCUT2D eigenvalue weighted by atomic mass is 10.0. The Bertz CT molecular complexity index is 841. The molecular weight excluding hydrogens is 376 g/mol. The predicted octanol–water partition coefficient (Wildman–Crippen LogP) is 3.51. The van der Waals surface area contributed by atoms with Crippen molar-refractivity contribution in [1.29, 1.82) is 0 Å². The normalized spacial score (nSPS) is 17.3. The average molecular weight is 391 g/mol. The standard InChI is InChI=1S/C17H15BrN2O4/c1-9-14(16(21)23-2)15(20-17(22)19-9)13-8-7-12(24-13)10-5-3-4-6-11(10)18/h3-8,15H,1-2H3,(H2,19,20,22). The van der Waals surface area contributed by atoms with Crippen molar-refractivity contribution in [3.8, 4) is 11.3 Å². The van der Waals surface area contributed by atoms with E-state index in [1.807, 2.05) is 24.3 Å². The Balaban J connectivity index is 2.02. The molecule has 0 saturated heterocycles. The average Bonchev–Trinajstić information content (AvgIpc) is 3.03. The molecule has 124 valence electrons. The van der Waals surface area contributed by atoms with Gasteiger partial charge in [0.25, 0.3) is 0 Å². The number of rotatable bonds is 3. The minimum atomic E-state index is -0.706. The molecule has 1 atom stereocenters. The smallest absolute Gasteiger partial charge is 0.338 e. The Morgan fingerprint density at radius 3 is 2.71 bits per heavy atom. The van der Waals surface area contributed by atoms with Crippen LogP contribution >= 0.6 is 15.9 Å². The molecular formula is C17H15BrN2O4. The van der Waals surface area contributed by atoms with Crippen molar-refractivity contribution >= 4 is 27.9 Å². The van der Waals surface area contributed by atoms with Gasteiger partial charge in [-0.15, -0.1) is 0 Å². The van der Waals surface area contributed by atoms with E-state index in [9.17, 15) is 9.59 Å². The number of hydrogen-bond donors (Lipinski definition) is 2. The zero-order chi connectivity index (χ0) is 17.3. The molecule has 0 radical (unpaired) electrons. The molecule has 1 aliphatic heterocycles. The number of esters is 1. The van der Waals surface area contributed by atoms with Gasteiger partial charge in [-0.2, -0.15) is 0 Å². The third kappa shape index (κ3) is 2.94. The van der Waals surface area contributed by atoms with Gasteiger partial charge in [0.05, 0.1) is 12.7 Å². The fourth-order valence-corrected chi connectivity index (χ4v) is 3.08. The number of allylic oxidation sites excluding steroid dienone is 1. The lowest BCUT2D eigenvalue weighted by molar-refractivity contribution is -0.136. The Hall–Kier alpha value is -2.54. The van der Waals surface area contributed by atoms with Gasteiger partial charge >= 0.3 is 12.0 Å². The van der Waals surface area contributed by atoms with Gasteiger partial charge in [-0.25, -0.2) is 9.59 Å². The summed E-state index contributed by atoms with van der Waals surface area (Å²) in [5.41, 5.74) is 1.63. The SMILES string of the molecule is COC(=O)C1=C(C)NC(=O)NC1c1ccc(-c2ccccc2Br)o1. The molecule has 24 heavy (non-hydrogen) atoms. The van der Waals surface area contributed by atoms with Gasteiger partial charge in [0.2, 0.25) is 0 Å². The topological polar surface area (TPSA) is 80.6 Å². The van der Waals surface area contributed by atoms with Crippen LogP contribution in [0.2, 0.25) is 0 Å². The highest BCUT2D eigenvalue weighted by Crippen LogP contribution is 2.34. The molecule has 1 aliphatic rings. The van der Waals surface area contributed by atoms with E-state index in [0.29, 0.717) is 22.8 Å². The molecule has 3 rings (SSSR count). The first-order valence-electron chi connectivity index (χ1n) is 7.22. The highest BCUT2D eigenvalue weighted by atomic mass is 79.9. The molecule has 1 aromatic heterocycles. The largest absolute Gasteiger partial charge is 0.466 e.